The van der Waals surface area contributed by atoms with Crippen molar-refractivity contribution < 1.29 is 81.2 Å². The molecular formula is C132H99Ir2N11O2S2+2. The number of aryl methyl sites for hydroxylation is 1. The van der Waals surface area contributed by atoms with Gasteiger partial charge in [0.05, 0.1) is 64.7 Å². The second kappa shape index (κ2) is 44.5. The molecule has 5 aliphatic heterocycles. The van der Waals surface area contributed by atoms with Crippen LogP contribution < -0.4 is 22.8 Å². The predicted octanol–water partition coefficient (Wildman–Crippen LogP) is 28.8. The van der Waals surface area contributed by atoms with Crippen molar-refractivity contribution in [1.82, 2.24) is 28.9 Å². The number of thiophene rings is 2. The number of aromatic nitrogens is 11. The van der Waals surface area contributed by atoms with E-state index in [9.17, 15) is 4.79 Å². The smallest absolute Gasteiger partial charge is 0.331 e. The zero-order valence-corrected chi connectivity index (χ0v) is 87.9. The van der Waals surface area contributed by atoms with Crippen LogP contribution in [0.25, 0.3) is 186 Å². The monoisotopic (exact) mass is 2330 g/mol. The number of para-hydroxylation sites is 6. The predicted molar refractivity (Wildman–Crippen MR) is 597 cm³/mol. The molecule has 0 bridgehead atoms. The summed E-state index contributed by atoms with van der Waals surface area (Å²) in [6, 6.07) is 148. The van der Waals surface area contributed by atoms with Crippen LogP contribution in [-0.4, -0.2) is 39.8 Å². The summed E-state index contributed by atoms with van der Waals surface area (Å²) in [7, 11) is 0. The number of nitrogens with zero attached hydrogens (tertiary/aromatic N) is 11. The number of carbonyl (C=O) groups excluding carboxylic acids is 1. The van der Waals surface area contributed by atoms with Crippen molar-refractivity contribution in [1.29, 1.82) is 0 Å². The molecule has 0 amide bonds. The second-order valence-corrected chi connectivity index (χ2v) is 38.2. The van der Waals surface area contributed by atoms with Crippen LogP contribution in [0.1, 0.15) is 55.6 Å². The molecule has 0 saturated carbocycles. The molecule has 0 unspecified atom stereocenters. The second-order valence-electron chi connectivity index (χ2n) is 36.1. The summed E-state index contributed by atoms with van der Waals surface area (Å²) in [6.45, 7) is 9.17. The van der Waals surface area contributed by atoms with Gasteiger partial charge in [-0.2, -0.15) is 29.4 Å². The summed E-state index contributed by atoms with van der Waals surface area (Å²) < 4.78 is 67.5. The third-order valence-corrected chi connectivity index (χ3v) is 29.0. The van der Waals surface area contributed by atoms with Gasteiger partial charge >= 0.3 is 5.82 Å². The van der Waals surface area contributed by atoms with Gasteiger partial charge < -0.3 is 19.6 Å². The fourth-order valence-electron chi connectivity index (χ4n) is 20.1. The summed E-state index contributed by atoms with van der Waals surface area (Å²) in [5.41, 5.74) is 31.1. The van der Waals surface area contributed by atoms with Gasteiger partial charge in [-0.3, -0.25) is 9.78 Å². The van der Waals surface area contributed by atoms with E-state index in [-0.39, 0.29) is 88.0 Å². The van der Waals surface area contributed by atoms with E-state index in [4.69, 9.17) is 18.3 Å². The first-order chi connectivity index (χ1) is 75.0. The Morgan fingerprint density at radius 3 is 1.72 bits per heavy atom. The number of rotatable bonds is 6. The minimum atomic E-state index is -0.181. The molecule has 17 heteroatoms. The van der Waals surface area contributed by atoms with Crippen molar-refractivity contribution in [2.75, 3.05) is 0 Å². The van der Waals surface area contributed by atoms with Gasteiger partial charge in [-0.05, 0) is 155 Å². The molecule has 0 spiro atoms. The summed E-state index contributed by atoms with van der Waals surface area (Å²) in [4.78, 5) is 28.0. The van der Waals surface area contributed by atoms with Crippen molar-refractivity contribution >= 4 is 118 Å². The minimum Gasteiger partial charge on any atom is -0.512 e. The third kappa shape index (κ3) is 20.3. The van der Waals surface area contributed by atoms with Crippen molar-refractivity contribution in [2.45, 2.75) is 53.5 Å². The number of aliphatic hydroxyl groups is 1. The third-order valence-electron chi connectivity index (χ3n) is 26.6. The van der Waals surface area contributed by atoms with Gasteiger partial charge in [-0.25, -0.2) is 9.13 Å². The fraction of sp³-hybridized carbons (Fsp3) is 0.0606. The van der Waals surface area contributed by atoms with E-state index < -0.39 is 0 Å². The Kier molecular flexibility index (Phi) is 27.1. The van der Waals surface area contributed by atoms with Gasteiger partial charge in [0.1, 0.15) is 18.6 Å². The Morgan fingerprint density at radius 1 is 0.403 bits per heavy atom. The van der Waals surface area contributed by atoms with E-state index >= 15 is 0 Å². The number of ketones is 1. The maximum atomic E-state index is 10.0. The SMILES string of the molecule is CC(=O)C=C(C)O.Cc1cc[n+]2c(n1)-c1ccccc1C2.[2H]c1cc2c(c([2H])c1[2H])-c1c([2H])c([2H])c([2H])c[n+]1C2.[Ir].[Ir].[c-]1ccc2c(sc3ccccc32)c1-c1ccccn1.[c-]1ccccc1-c1ccccn1.[c-]1ccccc1-c1nc2ccccc2n1-c1ccccc1.c1cc2c3c(c1)c1ccccc1n1c4ccccc4[n+](c31)C2.c1cc[n+]2c(c1)-c1c(ccc3c1sc1ccccc13)C2.c1ccc(-c2ccc3c(c2)-c2cccc[n+]2C3)cc1. The fourth-order valence-corrected chi connectivity index (χ4v) is 22.6. The molecule has 722 valence electrons. The van der Waals surface area contributed by atoms with Crippen LogP contribution in [0.5, 0.6) is 0 Å². The van der Waals surface area contributed by atoms with E-state index in [2.05, 4.69) is 346 Å². The van der Waals surface area contributed by atoms with Crippen molar-refractivity contribution in [3.8, 4) is 95.9 Å². The maximum Gasteiger partial charge on any atom is 0.331 e. The van der Waals surface area contributed by atoms with E-state index in [0.717, 1.165) is 88.3 Å². The molecular weight excluding hydrogens is 2220 g/mol. The summed E-state index contributed by atoms with van der Waals surface area (Å²) in [5.74, 6) is 1.95. The van der Waals surface area contributed by atoms with Crippen LogP contribution >= 0.6 is 22.7 Å². The van der Waals surface area contributed by atoms with Crippen LogP contribution in [0.15, 0.2) is 486 Å². The van der Waals surface area contributed by atoms with E-state index in [1.807, 2.05) is 163 Å². The number of benzene rings is 15. The molecule has 5 aliphatic rings. The number of hydrogen-bond donors (Lipinski definition) is 1. The molecule has 31 rings (SSSR count). The average Bonchev–Trinajstić information content (AvgIpc) is 1.53. The quantitative estimate of drug-likeness (QED) is 0.0583. The Bertz CT molecular complexity index is 9730. The standard InChI is InChI=1S/C20H13N2.C19H13N2.C18H12NS.C18H14N.C17H10NS.C12H11N2.C12H10N.C11H8N.C5H8O2.2Ir/c1-2-9-16-14(7-1)15-8-5-6-13-12-21-17-10-3-4-11-18(17)22(16)20(21)19(13)15;1-3-9-15(10-4-1)19-20-17-13-7-8-14-18(17)21(19)16-11-5-2-6-12-16;1-2-7-16-13(5-1)14-9-8-12-11-19-10-4-3-6-15(19)17(12)18(14)20-16;1-2-6-14(7-3-1)15-9-10-16-13-19-11-5-4-8-18(19)17(16)12-15;1-2-10-16-12(6-1)13-7-5-8-14(17(13)19-16)15-9-3-4-11-18-15;1-9-6-7-14-8-10-4-2-3-5-11(10)12(14)13-9;1-2-6-11-10(5-1)9-13-8-4-3-7-12(11)13;1-2-6-10(7-3-1)11-8-4-5-9-12-11;1-4(6)3-5(2)7;;/h1-11H,12H2;1-9,11-14H;1-10H,11H2;1-12H,13H2;1-7,9-11H;2-7H,8H2,1H3;1-8H,9H2;1-6,8-9H;3,6H,1-2H3;;/q+1;-1;2*+1;-1;2*+1;-1;;;/i;;;;;;1D,2D,3D,4D,6D,7D;;;;. The number of fused-ring (bicyclic) bond motifs is 26. The summed E-state index contributed by atoms with van der Waals surface area (Å²) in [5, 5.41) is 17.9. The van der Waals surface area contributed by atoms with Gasteiger partial charge in [0.25, 0.3) is 5.65 Å². The number of imidazole rings is 2. The number of pyridine rings is 6. The Morgan fingerprint density at radius 2 is 0.987 bits per heavy atom. The molecule has 16 heterocycles. The van der Waals surface area contributed by atoms with E-state index in [0.29, 0.717) is 23.4 Å². The van der Waals surface area contributed by atoms with Crippen LogP contribution in [0.2, 0.25) is 0 Å². The zero-order chi connectivity index (χ0) is 104. The van der Waals surface area contributed by atoms with Crippen LogP contribution in [-0.2, 0) is 77.7 Å². The minimum absolute atomic E-state index is 0. The zero-order valence-electron chi connectivity index (χ0n) is 87.4. The molecule has 149 heavy (non-hydrogen) atoms. The Labute approximate surface area is 907 Å². The summed E-state index contributed by atoms with van der Waals surface area (Å²) in [6.07, 6.45) is 12.7. The van der Waals surface area contributed by atoms with Crippen LogP contribution in [0, 0.1) is 25.1 Å². The maximum absolute atomic E-state index is 10.0. The van der Waals surface area contributed by atoms with Gasteiger partial charge in [0, 0.05) is 177 Å². The van der Waals surface area contributed by atoms with Crippen LogP contribution in [0.4, 0.5) is 0 Å². The molecule has 0 saturated heterocycles. The van der Waals surface area contributed by atoms with Gasteiger partial charge in [-0.1, -0.05) is 236 Å². The Balaban J connectivity index is 0.000000102. The molecule has 13 nitrogen and oxygen atoms in total. The normalized spacial score (nSPS) is 12.3. The Hall–Kier alpha value is -17.0. The van der Waals surface area contributed by atoms with Crippen molar-refractivity contribution in [3.63, 3.8) is 0 Å². The van der Waals surface area contributed by atoms with Gasteiger partial charge in [-0.15, -0.1) is 107 Å². The first-order valence-corrected chi connectivity index (χ1v) is 50.5. The molecule has 0 atom stereocenters. The average molecular weight is 2330 g/mol. The van der Waals surface area contributed by atoms with Gasteiger partial charge in [0.15, 0.2) is 60.7 Å². The van der Waals surface area contributed by atoms with E-state index in [1.54, 1.807) is 10.8 Å². The van der Waals surface area contributed by atoms with Gasteiger partial charge in [0.2, 0.25) is 17.1 Å². The molecule has 2 radical (unpaired) electrons. The number of carbonyl (C=O) groups is 1. The van der Waals surface area contributed by atoms with Crippen molar-refractivity contribution in [2.24, 2.45) is 0 Å². The number of allylic oxidation sites excluding steroid dienone is 2. The molecule has 1 N–H and O–H groups in total. The molecule has 0 aliphatic carbocycles. The first kappa shape index (κ1) is 90.8. The van der Waals surface area contributed by atoms with E-state index in [1.165, 1.54) is 172 Å². The first-order valence-electron chi connectivity index (χ1n) is 51.9. The largest absolute Gasteiger partial charge is 0.512 e. The molecule has 11 aromatic heterocycles. The molecule has 0 fully saturated rings. The topological polar surface area (TPSA) is 118 Å². The molecule has 15 aromatic carbocycles. The molecule has 26 aromatic rings. The van der Waals surface area contributed by atoms with Crippen molar-refractivity contribution in [3.05, 3.63) is 537 Å². The summed E-state index contributed by atoms with van der Waals surface area (Å²) >= 11 is 3.73. The number of hydrogen-bond acceptors (Lipinski definition) is 8. The number of aliphatic hydroxyl groups excluding tert-OH is 1. The van der Waals surface area contributed by atoms with Crippen LogP contribution in [0.3, 0.4) is 0 Å².